The maximum absolute atomic E-state index is 9.23. The Hall–Kier alpha value is -0.0800. The summed E-state index contributed by atoms with van der Waals surface area (Å²) < 4.78 is 0. The minimum Gasteiger partial charge on any atom is -0.392 e. The van der Waals surface area contributed by atoms with Gasteiger partial charge in [-0.05, 0) is 12.8 Å². The van der Waals surface area contributed by atoms with Crippen LogP contribution in [0.2, 0.25) is 0 Å². The fourth-order valence-electron chi connectivity index (χ4n) is 1.32. The van der Waals surface area contributed by atoms with Crippen molar-refractivity contribution in [3.63, 3.8) is 0 Å². The maximum atomic E-state index is 9.23. The molecule has 54 valence electrons. The first kappa shape index (κ1) is 7.03. The molecule has 9 heavy (non-hydrogen) atoms. The first-order valence-corrected chi connectivity index (χ1v) is 3.74. The normalized spacial score (nSPS) is 38.0. The van der Waals surface area contributed by atoms with Crippen LogP contribution in [0.4, 0.5) is 0 Å². The fourth-order valence-corrected chi connectivity index (χ4v) is 1.32. The first-order valence-electron chi connectivity index (χ1n) is 3.74. The third kappa shape index (κ3) is 1.95. The molecule has 0 amide bonds. The minimum absolute atomic E-state index is 0.0486. The summed E-state index contributed by atoms with van der Waals surface area (Å²) in [5.41, 5.74) is 5.63. The van der Waals surface area contributed by atoms with E-state index in [-0.39, 0.29) is 12.1 Å². The summed E-state index contributed by atoms with van der Waals surface area (Å²) in [4.78, 5) is 0. The lowest BCUT2D eigenvalue weighted by atomic mass is 10.1. The predicted molar refractivity (Wildman–Crippen MR) is 37.1 cm³/mol. The van der Waals surface area contributed by atoms with E-state index in [1.165, 1.54) is 12.8 Å². The van der Waals surface area contributed by atoms with E-state index in [2.05, 4.69) is 0 Å². The Labute approximate surface area is 56.1 Å². The van der Waals surface area contributed by atoms with Crippen molar-refractivity contribution in [2.75, 3.05) is 0 Å². The van der Waals surface area contributed by atoms with E-state index in [0.29, 0.717) is 0 Å². The van der Waals surface area contributed by atoms with Crippen LogP contribution in [-0.4, -0.2) is 17.3 Å². The van der Waals surface area contributed by atoms with E-state index in [1.54, 1.807) is 0 Å². The van der Waals surface area contributed by atoms with Crippen LogP contribution >= 0.6 is 0 Å². The van der Waals surface area contributed by atoms with Gasteiger partial charge in [-0.15, -0.1) is 0 Å². The van der Waals surface area contributed by atoms with Gasteiger partial charge in [0, 0.05) is 6.04 Å². The molecule has 0 aliphatic heterocycles. The smallest absolute Gasteiger partial charge is 0.0691 e. The Morgan fingerprint density at radius 1 is 1.11 bits per heavy atom. The molecule has 0 radical (unpaired) electrons. The number of rotatable bonds is 0. The van der Waals surface area contributed by atoms with Gasteiger partial charge in [-0.3, -0.25) is 0 Å². The summed E-state index contributed by atoms with van der Waals surface area (Å²) in [5, 5.41) is 9.23. The second kappa shape index (κ2) is 3.18. The number of nitrogens with two attached hydrogens (primary N) is 1. The molecule has 0 saturated heterocycles. The van der Waals surface area contributed by atoms with Gasteiger partial charge in [-0.25, -0.2) is 0 Å². The second-order valence-electron chi connectivity index (χ2n) is 2.87. The minimum atomic E-state index is -0.229. The third-order valence-electron chi connectivity index (χ3n) is 2.03. The third-order valence-corrected chi connectivity index (χ3v) is 2.03. The van der Waals surface area contributed by atoms with Gasteiger partial charge in [-0.2, -0.15) is 0 Å². The van der Waals surface area contributed by atoms with Crippen LogP contribution in [0.5, 0.6) is 0 Å². The molecule has 0 heterocycles. The molecule has 2 nitrogen and oxygen atoms in total. The fraction of sp³-hybridized carbons (Fsp3) is 1.00. The molecule has 0 spiro atoms. The topological polar surface area (TPSA) is 46.2 Å². The average molecular weight is 129 g/mol. The van der Waals surface area contributed by atoms with Crippen molar-refractivity contribution < 1.29 is 5.11 Å². The molecular weight excluding hydrogens is 114 g/mol. The number of aliphatic hydroxyl groups is 1. The van der Waals surface area contributed by atoms with Gasteiger partial charge >= 0.3 is 0 Å². The van der Waals surface area contributed by atoms with E-state index in [0.717, 1.165) is 19.3 Å². The average Bonchev–Trinajstić information content (AvgIpc) is 1.99. The highest BCUT2D eigenvalue weighted by atomic mass is 16.3. The molecule has 2 heteroatoms. The molecule has 0 aromatic heterocycles. The van der Waals surface area contributed by atoms with Gasteiger partial charge in [0.25, 0.3) is 0 Å². The molecule has 0 aromatic carbocycles. The lowest BCUT2D eigenvalue weighted by Crippen LogP contribution is -2.33. The first-order chi connectivity index (χ1) is 4.30. The van der Waals surface area contributed by atoms with Gasteiger partial charge in [0.05, 0.1) is 6.10 Å². The summed E-state index contributed by atoms with van der Waals surface area (Å²) in [6.07, 6.45) is 5.26. The number of hydrogen-bond donors (Lipinski definition) is 2. The zero-order valence-corrected chi connectivity index (χ0v) is 5.71. The zero-order valence-electron chi connectivity index (χ0n) is 5.71. The van der Waals surface area contributed by atoms with Gasteiger partial charge < -0.3 is 10.8 Å². The van der Waals surface area contributed by atoms with Crippen molar-refractivity contribution in [1.29, 1.82) is 0 Å². The molecule has 0 bridgehead atoms. The summed E-state index contributed by atoms with van der Waals surface area (Å²) in [6.45, 7) is 0. The van der Waals surface area contributed by atoms with E-state index >= 15 is 0 Å². The van der Waals surface area contributed by atoms with Crippen LogP contribution in [0.15, 0.2) is 0 Å². The van der Waals surface area contributed by atoms with Gasteiger partial charge in [0.1, 0.15) is 0 Å². The summed E-state index contributed by atoms with van der Waals surface area (Å²) in [5.74, 6) is 0. The van der Waals surface area contributed by atoms with Crippen molar-refractivity contribution in [2.24, 2.45) is 5.73 Å². The van der Waals surface area contributed by atoms with Crippen LogP contribution in [0.25, 0.3) is 0 Å². The summed E-state index contributed by atoms with van der Waals surface area (Å²) in [6, 6.07) is 0.0486. The second-order valence-corrected chi connectivity index (χ2v) is 2.87. The Morgan fingerprint density at radius 3 is 2.56 bits per heavy atom. The van der Waals surface area contributed by atoms with E-state index in [9.17, 15) is 5.11 Å². The standard InChI is InChI=1S/C7H15NO/c8-6-4-2-1-3-5-7(6)9/h6-7,9H,1-5,8H2. The monoisotopic (exact) mass is 129 g/mol. The van der Waals surface area contributed by atoms with Gasteiger partial charge in [0.15, 0.2) is 0 Å². The molecular formula is C7H15NO. The molecule has 2 atom stereocenters. The van der Waals surface area contributed by atoms with Crippen LogP contribution in [0.3, 0.4) is 0 Å². The van der Waals surface area contributed by atoms with E-state index in [4.69, 9.17) is 5.73 Å². The Kier molecular flexibility index (Phi) is 2.49. The predicted octanol–water partition coefficient (Wildman–Crippen LogP) is 0.639. The summed E-state index contributed by atoms with van der Waals surface area (Å²) in [7, 11) is 0. The molecule has 1 aliphatic rings. The molecule has 0 aromatic rings. The lowest BCUT2D eigenvalue weighted by molar-refractivity contribution is 0.137. The molecule has 1 saturated carbocycles. The molecule has 1 rings (SSSR count). The van der Waals surface area contributed by atoms with Crippen LogP contribution < -0.4 is 5.73 Å². The van der Waals surface area contributed by atoms with Gasteiger partial charge in [0.2, 0.25) is 0 Å². The van der Waals surface area contributed by atoms with E-state index < -0.39 is 0 Å². The Balaban J connectivity index is 2.32. The highest BCUT2D eigenvalue weighted by Gasteiger charge is 2.16. The van der Waals surface area contributed by atoms with Crippen LogP contribution in [0.1, 0.15) is 32.1 Å². The van der Waals surface area contributed by atoms with Crippen molar-refractivity contribution in [3.05, 3.63) is 0 Å². The van der Waals surface area contributed by atoms with Crippen LogP contribution in [-0.2, 0) is 0 Å². The SMILES string of the molecule is NC1CCCCCC1O. The molecule has 2 unspecified atom stereocenters. The molecule has 1 fully saturated rings. The van der Waals surface area contributed by atoms with Crippen molar-refractivity contribution in [3.8, 4) is 0 Å². The van der Waals surface area contributed by atoms with Crippen molar-refractivity contribution in [2.45, 2.75) is 44.2 Å². The highest BCUT2D eigenvalue weighted by molar-refractivity contribution is 4.74. The quantitative estimate of drug-likeness (QED) is 0.471. The maximum Gasteiger partial charge on any atom is 0.0691 e. The van der Waals surface area contributed by atoms with E-state index in [1.807, 2.05) is 0 Å². The highest BCUT2D eigenvalue weighted by Crippen LogP contribution is 2.15. The largest absolute Gasteiger partial charge is 0.392 e. The van der Waals surface area contributed by atoms with Crippen LogP contribution in [0, 0.1) is 0 Å². The van der Waals surface area contributed by atoms with Crippen molar-refractivity contribution in [1.82, 2.24) is 0 Å². The Morgan fingerprint density at radius 2 is 1.78 bits per heavy atom. The van der Waals surface area contributed by atoms with Crippen molar-refractivity contribution >= 4 is 0 Å². The Bertz CT molecular complexity index is 75.0. The number of hydrogen-bond acceptors (Lipinski definition) is 2. The number of aliphatic hydroxyl groups excluding tert-OH is 1. The zero-order chi connectivity index (χ0) is 6.69. The summed E-state index contributed by atoms with van der Waals surface area (Å²) >= 11 is 0. The molecule has 1 aliphatic carbocycles. The molecule has 3 N–H and O–H groups in total. The van der Waals surface area contributed by atoms with Gasteiger partial charge in [-0.1, -0.05) is 19.3 Å². The lowest BCUT2D eigenvalue weighted by Gasteiger charge is -2.13.